The number of benzene rings is 2. The van der Waals surface area contributed by atoms with Crippen LogP contribution in [0.5, 0.6) is 0 Å². The van der Waals surface area contributed by atoms with Crippen molar-refractivity contribution in [3.8, 4) is 11.3 Å². The van der Waals surface area contributed by atoms with E-state index in [9.17, 15) is 0 Å². The predicted octanol–water partition coefficient (Wildman–Crippen LogP) is 5.14. The van der Waals surface area contributed by atoms with Crippen molar-refractivity contribution in [2.24, 2.45) is 7.05 Å². The summed E-state index contributed by atoms with van der Waals surface area (Å²) in [6.07, 6.45) is 9.34. The summed E-state index contributed by atoms with van der Waals surface area (Å²) in [5.74, 6) is 0. The van der Waals surface area contributed by atoms with Crippen LogP contribution >= 0.6 is 0 Å². The van der Waals surface area contributed by atoms with Crippen molar-refractivity contribution in [1.82, 2.24) is 20.0 Å². The van der Waals surface area contributed by atoms with Crippen LogP contribution in [-0.4, -0.2) is 20.0 Å². The molecular weight excluding hydrogens is 320 g/mol. The highest BCUT2D eigenvalue weighted by Gasteiger charge is 2.09. The summed E-state index contributed by atoms with van der Waals surface area (Å²) in [4.78, 5) is 0. The molecule has 5 rings (SSSR count). The van der Waals surface area contributed by atoms with Crippen molar-refractivity contribution in [2.45, 2.75) is 25.7 Å². The van der Waals surface area contributed by atoms with Gasteiger partial charge in [0, 0.05) is 29.6 Å². The van der Waals surface area contributed by atoms with Crippen LogP contribution in [0.3, 0.4) is 0 Å². The van der Waals surface area contributed by atoms with Gasteiger partial charge < -0.3 is 0 Å². The third-order valence-electron chi connectivity index (χ3n) is 5.16. The normalized spacial score (nSPS) is 14.7. The number of nitrogens with zero attached hydrogens (tertiary/aromatic N) is 4. The zero-order chi connectivity index (χ0) is 17.5. The van der Waals surface area contributed by atoms with Gasteiger partial charge in [0.25, 0.3) is 0 Å². The van der Waals surface area contributed by atoms with E-state index in [1.807, 2.05) is 24.0 Å². The van der Waals surface area contributed by atoms with Gasteiger partial charge in [-0.05, 0) is 61.1 Å². The van der Waals surface area contributed by atoms with E-state index in [1.54, 1.807) is 0 Å². The zero-order valence-corrected chi connectivity index (χ0v) is 14.8. The van der Waals surface area contributed by atoms with Crippen LogP contribution in [0.1, 0.15) is 31.2 Å². The molecule has 1 aliphatic rings. The Hall–Kier alpha value is -3.01. The monoisotopic (exact) mass is 340 g/mol. The molecule has 4 aromatic rings. The van der Waals surface area contributed by atoms with Gasteiger partial charge in [0.2, 0.25) is 0 Å². The van der Waals surface area contributed by atoms with Crippen molar-refractivity contribution in [1.29, 1.82) is 0 Å². The minimum Gasteiger partial charge on any atom is -0.275 e. The van der Waals surface area contributed by atoms with Gasteiger partial charge in [-0.25, -0.2) is 0 Å². The highest BCUT2D eigenvalue weighted by Crippen LogP contribution is 2.29. The fraction of sp³-hybridized carbons (Fsp3) is 0.227. The maximum absolute atomic E-state index is 4.50. The lowest BCUT2D eigenvalue weighted by Crippen LogP contribution is -1.94. The highest BCUT2D eigenvalue weighted by atomic mass is 15.2. The third kappa shape index (κ3) is 2.68. The second-order valence-corrected chi connectivity index (χ2v) is 7.05. The molecule has 0 amide bonds. The van der Waals surface area contributed by atoms with Crippen LogP contribution < -0.4 is 0 Å². The fourth-order valence-corrected chi connectivity index (χ4v) is 3.79. The third-order valence-corrected chi connectivity index (χ3v) is 5.16. The Morgan fingerprint density at radius 3 is 2.65 bits per heavy atom. The molecule has 0 bridgehead atoms. The van der Waals surface area contributed by atoms with Crippen molar-refractivity contribution in [3.05, 3.63) is 60.3 Å². The molecule has 128 valence electrons. The minimum atomic E-state index is 0.896. The molecule has 0 aliphatic heterocycles. The SMILES string of the molecule is Cn1cc2cc(-c3cc4ccc(C5=CCCCC5)cc4nn3)ccc2n1. The number of aromatic nitrogens is 4. The van der Waals surface area contributed by atoms with E-state index < -0.39 is 0 Å². The second-order valence-electron chi connectivity index (χ2n) is 7.05. The van der Waals surface area contributed by atoms with Gasteiger partial charge in [0.05, 0.1) is 16.7 Å². The van der Waals surface area contributed by atoms with E-state index in [-0.39, 0.29) is 0 Å². The molecule has 0 saturated carbocycles. The van der Waals surface area contributed by atoms with E-state index in [0.29, 0.717) is 0 Å². The summed E-state index contributed by atoms with van der Waals surface area (Å²) >= 11 is 0. The molecule has 4 nitrogen and oxygen atoms in total. The van der Waals surface area contributed by atoms with Gasteiger partial charge in [-0.15, -0.1) is 10.2 Å². The lowest BCUT2D eigenvalue weighted by molar-refractivity contribution is 0.742. The van der Waals surface area contributed by atoms with Gasteiger partial charge in [0.1, 0.15) is 0 Å². The molecule has 0 atom stereocenters. The van der Waals surface area contributed by atoms with Gasteiger partial charge in [-0.3, -0.25) is 4.68 Å². The Bertz CT molecular complexity index is 1150. The Kier molecular flexibility index (Phi) is 3.56. The van der Waals surface area contributed by atoms with Gasteiger partial charge in [-0.1, -0.05) is 24.3 Å². The highest BCUT2D eigenvalue weighted by molar-refractivity contribution is 5.88. The quantitative estimate of drug-likeness (QED) is 0.507. The number of aryl methyl sites for hydroxylation is 1. The number of rotatable bonds is 2. The molecular formula is C22H20N4. The van der Waals surface area contributed by atoms with Crippen LogP contribution in [0, 0.1) is 0 Å². The van der Waals surface area contributed by atoms with Crippen molar-refractivity contribution < 1.29 is 0 Å². The Labute approximate surface area is 152 Å². The molecule has 2 aromatic heterocycles. The van der Waals surface area contributed by atoms with Crippen LogP contribution in [0.25, 0.3) is 38.6 Å². The van der Waals surface area contributed by atoms with Crippen molar-refractivity contribution >= 4 is 27.4 Å². The molecule has 0 radical (unpaired) electrons. The Balaban J connectivity index is 1.55. The average molecular weight is 340 g/mol. The summed E-state index contributed by atoms with van der Waals surface area (Å²) in [7, 11) is 1.94. The minimum absolute atomic E-state index is 0.896. The molecule has 4 heteroatoms. The van der Waals surface area contributed by atoms with Gasteiger partial charge in [-0.2, -0.15) is 5.10 Å². The maximum Gasteiger partial charge on any atom is 0.0936 e. The number of fused-ring (bicyclic) bond motifs is 2. The van der Waals surface area contributed by atoms with E-state index in [0.717, 1.165) is 33.1 Å². The smallest absolute Gasteiger partial charge is 0.0936 e. The van der Waals surface area contributed by atoms with Crippen LogP contribution in [0.4, 0.5) is 0 Å². The first-order valence-corrected chi connectivity index (χ1v) is 9.17. The van der Waals surface area contributed by atoms with Crippen LogP contribution in [0.15, 0.2) is 54.7 Å². The first-order valence-electron chi connectivity index (χ1n) is 9.17. The van der Waals surface area contributed by atoms with E-state index in [1.165, 1.54) is 36.8 Å². The number of hydrogen-bond donors (Lipinski definition) is 0. The first kappa shape index (κ1) is 15.3. The number of hydrogen-bond acceptors (Lipinski definition) is 3. The molecule has 0 fully saturated rings. The zero-order valence-electron chi connectivity index (χ0n) is 14.8. The molecule has 0 N–H and O–H groups in total. The van der Waals surface area contributed by atoms with Crippen LogP contribution in [-0.2, 0) is 7.05 Å². The molecule has 2 heterocycles. The topological polar surface area (TPSA) is 43.6 Å². The Morgan fingerprint density at radius 2 is 1.77 bits per heavy atom. The molecule has 2 aromatic carbocycles. The first-order chi connectivity index (χ1) is 12.8. The average Bonchev–Trinajstić information content (AvgIpc) is 3.07. The van der Waals surface area contributed by atoms with Crippen LogP contribution in [0.2, 0.25) is 0 Å². The summed E-state index contributed by atoms with van der Waals surface area (Å²) in [5.41, 5.74) is 6.66. The largest absolute Gasteiger partial charge is 0.275 e. The molecule has 0 saturated heterocycles. The maximum atomic E-state index is 4.50. The summed E-state index contributed by atoms with van der Waals surface area (Å²) in [6, 6.07) is 14.9. The number of allylic oxidation sites excluding steroid dienone is 2. The lowest BCUT2D eigenvalue weighted by Gasteiger charge is -2.13. The van der Waals surface area contributed by atoms with Crippen molar-refractivity contribution in [3.63, 3.8) is 0 Å². The summed E-state index contributed by atoms with van der Waals surface area (Å²) in [6.45, 7) is 0. The molecule has 0 spiro atoms. The summed E-state index contributed by atoms with van der Waals surface area (Å²) in [5, 5.41) is 15.7. The van der Waals surface area contributed by atoms with Crippen molar-refractivity contribution in [2.75, 3.05) is 0 Å². The second kappa shape index (κ2) is 6.06. The van der Waals surface area contributed by atoms with Gasteiger partial charge in [0.15, 0.2) is 0 Å². The molecule has 26 heavy (non-hydrogen) atoms. The fourth-order valence-electron chi connectivity index (χ4n) is 3.79. The predicted molar refractivity (Wildman–Crippen MR) is 106 cm³/mol. The Morgan fingerprint density at radius 1 is 0.846 bits per heavy atom. The van der Waals surface area contributed by atoms with E-state index >= 15 is 0 Å². The van der Waals surface area contributed by atoms with Gasteiger partial charge >= 0.3 is 0 Å². The molecule has 1 aliphatic carbocycles. The van der Waals surface area contributed by atoms with E-state index in [2.05, 4.69) is 57.8 Å². The lowest BCUT2D eigenvalue weighted by atomic mass is 9.93. The standard InChI is InChI=1S/C22H20N4/c1-26-14-19-11-17(9-10-20(19)25-26)22-13-18-8-7-16(12-21(18)23-24-22)15-5-3-2-4-6-15/h5,7-14H,2-4,6H2,1H3. The molecule has 0 unspecified atom stereocenters. The van der Waals surface area contributed by atoms with E-state index in [4.69, 9.17) is 0 Å². The summed E-state index contributed by atoms with van der Waals surface area (Å²) < 4.78 is 1.84.